The number of Topliss-reactive ketones (excluding diaryl/α,β-unsaturated/α-hetero) is 1. The van der Waals surface area contributed by atoms with Gasteiger partial charge in [0.25, 0.3) is 11.7 Å². The first-order valence-corrected chi connectivity index (χ1v) is 8.54. The fourth-order valence-electron chi connectivity index (χ4n) is 3.28. The van der Waals surface area contributed by atoms with Crippen LogP contribution < -0.4 is 4.90 Å². The molecule has 3 aromatic rings. The fraction of sp³-hybridized carbons (Fsp3) is 0.0952. The average Bonchev–Trinajstić information content (AvgIpc) is 3.24. The number of nitrogens with zero attached hydrogens (tertiary/aromatic N) is 2. The standard InChI is InChI=1S/C21H16N2O5/c1-12-6-7-16(28-12)18-17(19(25)13-8-10-22-11-9-13)20(26)21(27)23(18)14-4-2-3-5-15(14)24/h2-11,18,24-25H,1H3/b19-17-. The average molecular weight is 376 g/mol. The Labute approximate surface area is 160 Å². The Kier molecular flexibility index (Phi) is 4.19. The molecule has 1 aromatic carbocycles. The fourth-order valence-corrected chi connectivity index (χ4v) is 3.28. The van der Waals surface area contributed by atoms with Crippen molar-refractivity contribution < 1.29 is 24.2 Å². The monoisotopic (exact) mass is 376 g/mol. The van der Waals surface area contributed by atoms with E-state index in [1.54, 1.807) is 31.2 Å². The molecule has 0 spiro atoms. The number of aliphatic hydroxyl groups is 1. The van der Waals surface area contributed by atoms with Crippen LogP contribution in [0.3, 0.4) is 0 Å². The van der Waals surface area contributed by atoms with Gasteiger partial charge in [0.15, 0.2) is 0 Å². The number of ketones is 1. The largest absolute Gasteiger partial charge is 0.507 e. The van der Waals surface area contributed by atoms with Gasteiger partial charge in [-0.15, -0.1) is 0 Å². The molecule has 0 bridgehead atoms. The number of aliphatic hydroxyl groups excluding tert-OH is 1. The Morgan fingerprint density at radius 1 is 1.07 bits per heavy atom. The van der Waals surface area contributed by atoms with E-state index in [1.807, 2.05) is 0 Å². The maximum absolute atomic E-state index is 12.9. The first-order valence-electron chi connectivity index (χ1n) is 8.54. The minimum atomic E-state index is -1.02. The molecule has 7 nitrogen and oxygen atoms in total. The summed E-state index contributed by atoms with van der Waals surface area (Å²) in [5, 5.41) is 21.1. The van der Waals surface area contributed by atoms with Crippen molar-refractivity contribution in [2.24, 2.45) is 0 Å². The maximum Gasteiger partial charge on any atom is 0.300 e. The number of hydrogen-bond donors (Lipinski definition) is 2. The quantitative estimate of drug-likeness (QED) is 0.413. The Hall–Kier alpha value is -3.87. The first-order chi connectivity index (χ1) is 13.5. The van der Waals surface area contributed by atoms with Gasteiger partial charge < -0.3 is 14.6 Å². The molecule has 1 atom stereocenters. The zero-order valence-corrected chi connectivity index (χ0v) is 14.9. The normalized spacial score (nSPS) is 18.6. The summed E-state index contributed by atoms with van der Waals surface area (Å²) >= 11 is 0. The molecule has 1 fully saturated rings. The van der Waals surface area contributed by atoms with E-state index in [0.29, 0.717) is 17.1 Å². The molecule has 1 aliphatic heterocycles. The number of anilines is 1. The van der Waals surface area contributed by atoms with Crippen LogP contribution in [0.15, 0.2) is 70.9 Å². The van der Waals surface area contributed by atoms with Crippen LogP contribution >= 0.6 is 0 Å². The minimum Gasteiger partial charge on any atom is -0.507 e. The van der Waals surface area contributed by atoms with Crippen LogP contribution in [-0.4, -0.2) is 26.9 Å². The van der Waals surface area contributed by atoms with Gasteiger partial charge in [0.2, 0.25) is 0 Å². The number of aromatic hydroxyl groups is 1. The zero-order chi connectivity index (χ0) is 19.8. The maximum atomic E-state index is 12.9. The molecule has 7 heteroatoms. The van der Waals surface area contributed by atoms with Gasteiger partial charge in [-0.3, -0.25) is 19.5 Å². The van der Waals surface area contributed by atoms with Gasteiger partial charge in [0, 0.05) is 18.0 Å². The lowest BCUT2D eigenvalue weighted by atomic mass is 9.99. The van der Waals surface area contributed by atoms with Gasteiger partial charge in [-0.25, -0.2) is 0 Å². The van der Waals surface area contributed by atoms with E-state index >= 15 is 0 Å². The molecule has 1 unspecified atom stereocenters. The van der Waals surface area contributed by atoms with Gasteiger partial charge in [-0.1, -0.05) is 12.1 Å². The molecule has 3 heterocycles. The Morgan fingerprint density at radius 2 is 1.79 bits per heavy atom. The van der Waals surface area contributed by atoms with Crippen LogP contribution in [0.4, 0.5) is 5.69 Å². The summed E-state index contributed by atoms with van der Waals surface area (Å²) in [5.41, 5.74) is 0.379. The number of aryl methyl sites for hydroxylation is 1. The number of aromatic nitrogens is 1. The van der Waals surface area contributed by atoms with Crippen LogP contribution in [-0.2, 0) is 9.59 Å². The van der Waals surface area contributed by atoms with Crippen LogP contribution in [0.25, 0.3) is 5.76 Å². The SMILES string of the molecule is Cc1ccc(C2/C(=C(/O)c3ccncc3)C(=O)C(=O)N2c2ccccc2O)o1. The lowest BCUT2D eigenvalue weighted by molar-refractivity contribution is -0.132. The highest BCUT2D eigenvalue weighted by Crippen LogP contribution is 2.44. The third kappa shape index (κ3) is 2.73. The van der Waals surface area contributed by atoms with Crippen LogP contribution in [0.5, 0.6) is 5.75 Å². The van der Waals surface area contributed by atoms with Crippen LogP contribution in [0, 0.1) is 6.92 Å². The molecular formula is C21H16N2O5. The predicted molar refractivity (Wildman–Crippen MR) is 101 cm³/mol. The number of pyridine rings is 1. The lowest BCUT2D eigenvalue weighted by Crippen LogP contribution is -2.29. The molecule has 0 saturated carbocycles. The highest BCUT2D eigenvalue weighted by atomic mass is 16.3. The number of hydrogen-bond acceptors (Lipinski definition) is 6. The number of benzene rings is 1. The zero-order valence-electron chi connectivity index (χ0n) is 14.9. The van der Waals surface area contributed by atoms with Crippen molar-refractivity contribution in [3.8, 4) is 5.75 Å². The first kappa shape index (κ1) is 17.5. The molecule has 140 valence electrons. The van der Waals surface area contributed by atoms with Crippen LogP contribution in [0.1, 0.15) is 23.1 Å². The second kappa shape index (κ2) is 6.70. The highest BCUT2D eigenvalue weighted by Gasteiger charge is 2.49. The van der Waals surface area contributed by atoms with Crippen molar-refractivity contribution in [2.75, 3.05) is 4.90 Å². The second-order valence-corrected chi connectivity index (χ2v) is 6.34. The van der Waals surface area contributed by atoms with Gasteiger partial charge in [-0.05, 0) is 43.3 Å². The van der Waals surface area contributed by atoms with Crippen molar-refractivity contribution in [2.45, 2.75) is 13.0 Å². The van der Waals surface area contributed by atoms with E-state index in [1.165, 1.54) is 36.7 Å². The number of phenolic OH excluding ortho intramolecular Hbond substituents is 1. The summed E-state index contributed by atoms with van der Waals surface area (Å²) in [6.45, 7) is 1.73. The van der Waals surface area contributed by atoms with E-state index in [9.17, 15) is 19.8 Å². The molecular weight excluding hydrogens is 360 g/mol. The van der Waals surface area contributed by atoms with Gasteiger partial charge in [0.1, 0.15) is 29.1 Å². The molecule has 0 aliphatic carbocycles. The molecule has 2 N–H and O–H groups in total. The molecule has 2 aromatic heterocycles. The summed E-state index contributed by atoms with van der Waals surface area (Å²) in [6.07, 6.45) is 2.94. The van der Waals surface area contributed by atoms with Gasteiger partial charge >= 0.3 is 0 Å². The van der Waals surface area contributed by atoms with Crippen LogP contribution in [0.2, 0.25) is 0 Å². The Morgan fingerprint density at radius 3 is 2.43 bits per heavy atom. The number of para-hydroxylation sites is 2. The summed E-state index contributed by atoms with van der Waals surface area (Å²) in [6, 6.07) is 11.6. The smallest absolute Gasteiger partial charge is 0.300 e. The Bertz CT molecular complexity index is 1100. The van der Waals surface area contributed by atoms with Gasteiger partial charge in [-0.2, -0.15) is 0 Å². The lowest BCUT2D eigenvalue weighted by Gasteiger charge is -2.24. The highest BCUT2D eigenvalue weighted by molar-refractivity contribution is 6.51. The molecule has 1 saturated heterocycles. The van der Waals surface area contributed by atoms with E-state index < -0.39 is 17.7 Å². The van der Waals surface area contributed by atoms with Crippen molar-refractivity contribution in [3.63, 3.8) is 0 Å². The molecule has 1 aliphatic rings. The number of carbonyl (C=O) groups is 2. The minimum absolute atomic E-state index is 0.117. The predicted octanol–water partition coefficient (Wildman–Crippen LogP) is 3.31. The van der Waals surface area contributed by atoms with E-state index in [2.05, 4.69) is 4.98 Å². The van der Waals surface area contributed by atoms with Crippen molar-refractivity contribution >= 4 is 23.1 Å². The Balaban J connectivity index is 1.97. The molecule has 1 amide bonds. The van der Waals surface area contributed by atoms with Crippen molar-refractivity contribution in [1.82, 2.24) is 4.98 Å². The molecule has 0 radical (unpaired) electrons. The van der Waals surface area contributed by atoms with E-state index in [-0.39, 0.29) is 22.8 Å². The summed E-state index contributed by atoms with van der Waals surface area (Å²) in [7, 11) is 0. The topological polar surface area (TPSA) is 104 Å². The summed E-state index contributed by atoms with van der Waals surface area (Å²) < 4.78 is 5.69. The molecule has 28 heavy (non-hydrogen) atoms. The van der Waals surface area contributed by atoms with Gasteiger partial charge in [0.05, 0.1) is 11.3 Å². The third-order valence-corrected chi connectivity index (χ3v) is 4.57. The third-order valence-electron chi connectivity index (χ3n) is 4.57. The van der Waals surface area contributed by atoms with Crippen molar-refractivity contribution in [1.29, 1.82) is 0 Å². The van der Waals surface area contributed by atoms with E-state index in [0.717, 1.165) is 4.90 Å². The summed E-state index contributed by atoms with van der Waals surface area (Å²) in [5.74, 6) is -1.34. The number of furan rings is 1. The van der Waals surface area contributed by atoms with E-state index in [4.69, 9.17) is 4.42 Å². The summed E-state index contributed by atoms with van der Waals surface area (Å²) in [4.78, 5) is 30.8. The number of amides is 1. The number of carbonyl (C=O) groups excluding carboxylic acids is 2. The number of phenols is 1. The number of rotatable bonds is 3. The van der Waals surface area contributed by atoms with Crippen molar-refractivity contribution in [3.05, 3.63) is 83.6 Å². The molecule has 4 rings (SSSR count). The second-order valence-electron chi connectivity index (χ2n) is 6.34.